The molecular weight excluding hydrogens is 484 g/mol. The van der Waals surface area contributed by atoms with E-state index in [-0.39, 0.29) is 0 Å². The molecule has 5 N–H and O–H groups in total. The molecule has 0 unspecified atom stereocenters. The van der Waals surface area contributed by atoms with Crippen molar-refractivity contribution in [2.45, 2.75) is 39.0 Å². The van der Waals surface area contributed by atoms with Crippen LogP contribution < -0.4 is 16.4 Å². The summed E-state index contributed by atoms with van der Waals surface area (Å²) in [6.07, 6.45) is 7.97. The van der Waals surface area contributed by atoms with Gasteiger partial charge in [-0.05, 0) is 36.9 Å². The molecule has 190 valence electrons. The molecule has 0 saturated carbocycles. The molecule has 2 aliphatic rings. The van der Waals surface area contributed by atoms with Gasteiger partial charge < -0.3 is 26.0 Å². The molecule has 12 nitrogen and oxygen atoms in total. The Hall–Kier alpha value is -4.84. The minimum Gasteiger partial charge on any atom is -0.383 e. The van der Waals surface area contributed by atoms with Gasteiger partial charge in [0.15, 0.2) is 11.4 Å². The second kappa shape index (κ2) is 7.83. The van der Waals surface area contributed by atoms with Crippen LogP contribution in [0.5, 0.6) is 0 Å². The molecule has 1 amide bonds. The van der Waals surface area contributed by atoms with Crippen molar-refractivity contribution >= 4 is 39.8 Å². The average molecular weight is 509 g/mol. The van der Waals surface area contributed by atoms with Crippen LogP contribution in [0.3, 0.4) is 0 Å². The van der Waals surface area contributed by atoms with Gasteiger partial charge in [0.2, 0.25) is 0 Å². The number of nitrogen functional groups attached to an aromatic ring is 1. The Balaban J connectivity index is 1.23. The number of aliphatic hydroxyl groups is 1. The van der Waals surface area contributed by atoms with Gasteiger partial charge in [-0.2, -0.15) is 5.10 Å². The van der Waals surface area contributed by atoms with Crippen LogP contribution in [0.15, 0.2) is 43.0 Å². The lowest BCUT2D eigenvalue weighted by molar-refractivity contribution is -0.132. The van der Waals surface area contributed by atoms with Gasteiger partial charge >= 0.3 is 0 Å². The molecule has 0 bridgehead atoms. The van der Waals surface area contributed by atoms with Gasteiger partial charge in [-0.25, -0.2) is 15.0 Å². The van der Waals surface area contributed by atoms with Gasteiger partial charge in [0.05, 0.1) is 17.9 Å². The molecule has 5 aromatic heterocycles. The predicted molar refractivity (Wildman–Crippen MR) is 141 cm³/mol. The van der Waals surface area contributed by atoms with Crippen LogP contribution >= 0.6 is 0 Å². The number of hydrogen-bond acceptors (Lipinski definition) is 9. The van der Waals surface area contributed by atoms with Crippen molar-refractivity contribution in [2.75, 3.05) is 16.4 Å². The fourth-order valence-electron chi connectivity index (χ4n) is 5.16. The minimum absolute atomic E-state index is 0.302. The zero-order chi connectivity index (χ0) is 26.2. The van der Waals surface area contributed by atoms with E-state index in [4.69, 9.17) is 10.8 Å². The van der Waals surface area contributed by atoms with Crippen LogP contribution in [-0.2, 0) is 29.9 Å². The number of rotatable bonds is 3. The monoisotopic (exact) mass is 508 g/mol. The summed E-state index contributed by atoms with van der Waals surface area (Å²) in [5.74, 6) is 2.13. The van der Waals surface area contributed by atoms with Crippen molar-refractivity contribution in [3.8, 4) is 11.3 Å². The smallest absolute Gasteiger partial charge is 0.262 e. The van der Waals surface area contributed by atoms with E-state index in [0.717, 1.165) is 40.8 Å². The van der Waals surface area contributed by atoms with Crippen LogP contribution in [-0.4, -0.2) is 45.3 Å². The lowest BCUT2D eigenvalue weighted by Crippen LogP contribution is -2.30. The zero-order valence-electron chi connectivity index (χ0n) is 20.7. The molecule has 0 radical (unpaired) electrons. The summed E-state index contributed by atoms with van der Waals surface area (Å²) in [4.78, 5) is 30.1. The third kappa shape index (κ3) is 3.34. The zero-order valence-corrected chi connectivity index (χ0v) is 20.7. The number of aryl methyl sites for hydroxylation is 2. The van der Waals surface area contributed by atoms with E-state index < -0.39 is 11.5 Å². The number of hydrogen-bond donors (Lipinski definition) is 4. The maximum atomic E-state index is 12.2. The summed E-state index contributed by atoms with van der Waals surface area (Å²) >= 11 is 0. The third-order valence-corrected chi connectivity index (χ3v) is 7.32. The number of nitrogens with two attached hydrogens (primary N) is 1. The lowest BCUT2D eigenvalue weighted by atomic mass is 9.98. The van der Waals surface area contributed by atoms with Crippen LogP contribution in [0.1, 0.15) is 29.7 Å². The Kier molecular flexibility index (Phi) is 4.61. The summed E-state index contributed by atoms with van der Waals surface area (Å²) in [5.41, 5.74) is 8.62. The molecule has 0 aliphatic carbocycles. The number of imidazole rings is 1. The molecule has 0 aromatic carbocycles. The summed E-state index contributed by atoms with van der Waals surface area (Å²) < 4.78 is 4.12. The number of amides is 1. The molecule has 38 heavy (non-hydrogen) atoms. The molecule has 7 heterocycles. The number of aromatic nitrogens is 7. The van der Waals surface area contributed by atoms with Crippen LogP contribution in [0.25, 0.3) is 22.0 Å². The average Bonchev–Trinajstić information content (AvgIpc) is 3.52. The summed E-state index contributed by atoms with van der Waals surface area (Å²) in [6.45, 7) is 4.77. The summed E-state index contributed by atoms with van der Waals surface area (Å²) in [7, 11) is 0. The highest BCUT2D eigenvalue weighted by atomic mass is 16.3. The maximum Gasteiger partial charge on any atom is 0.262 e. The van der Waals surface area contributed by atoms with E-state index >= 15 is 0 Å². The minimum atomic E-state index is -1.67. The van der Waals surface area contributed by atoms with E-state index in [1.165, 1.54) is 6.92 Å². The van der Waals surface area contributed by atoms with Crippen molar-refractivity contribution in [1.29, 1.82) is 0 Å². The van der Waals surface area contributed by atoms with E-state index in [2.05, 4.69) is 35.1 Å². The summed E-state index contributed by atoms with van der Waals surface area (Å²) in [5, 5.41) is 22.8. The first kappa shape index (κ1) is 22.4. The molecule has 7 rings (SSSR count). The lowest BCUT2D eigenvalue weighted by Gasteiger charge is -2.14. The number of pyridine rings is 3. The molecule has 0 saturated heterocycles. The first-order chi connectivity index (χ1) is 18.3. The summed E-state index contributed by atoms with van der Waals surface area (Å²) in [6, 6.07) is 5.84. The fourth-order valence-corrected chi connectivity index (χ4v) is 5.16. The van der Waals surface area contributed by atoms with Gasteiger partial charge in [-0.15, -0.1) is 0 Å². The number of carbonyl (C=O) groups is 1. The highest BCUT2D eigenvalue weighted by Crippen LogP contribution is 2.40. The van der Waals surface area contributed by atoms with Gasteiger partial charge in [-0.1, -0.05) is 0 Å². The van der Waals surface area contributed by atoms with Crippen molar-refractivity contribution in [3.63, 3.8) is 0 Å². The Morgan fingerprint density at radius 1 is 1.16 bits per heavy atom. The number of anilines is 4. The Morgan fingerprint density at radius 3 is 2.89 bits per heavy atom. The standard InChI is InChI=1S/C26H24N10O2/c1-13-16(10-30-23-22(13)33-25(37)26(23,2)38)18-7-14-8-19(29-11-17(14)24(27)31-18)32-20-9-15-3-5-35-6-4-28-21(35)12-36(15)34-20/h4,6-11,38H,3,5,12H2,1-2H3,(H2,27,31)(H,33,37)(H,29,32,34)/t26-/m1/s1. The van der Waals surface area contributed by atoms with Crippen molar-refractivity contribution < 1.29 is 9.90 Å². The van der Waals surface area contributed by atoms with Crippen molar-refractivity contribution in [1.82, 2.24) is 34.3 Å². The first-order valence-corrected chi connectivity index (χ1v) is 12.2. The quantitative estimate of drug-likeness (QED) is 0.287. The van der Waals surface area contributed by atoms with Crippen molar-refractivity contribution in [2.24, 2.45) is 0 Å². The fraction of sp³-hybridized carbons (Fsp3) is 0.231. The largest absolute Gasteiger partial charge is 0.383 e. The molecule has 0 spiro atoms. The molecular formula is C26H24N10O2. The molecule has 2 aliphatic heterocycles. The van der Waals surface area contributed by atoms with E-state index in [0.29, 0.717) is 46.6 Å². The second-order valence-electron chi connectivity index (χ2n) is 9.82. The van der Waals surface area contributed by atoms with Gasteiger partial charge in [-0.3, -0.25) is 14.5 Å². The molecule has 1 atom stereocenters. The normalized spacial score (nSPS) is 18.0. The third-order valence-electron chi connectivity index (χ3n) is 7.32. The number of fused-ring (bicyclic) bond motifs is 4. The maximum absolute atomic E-state index is 12.2. The Morgan fingerprint density at radius 2 is 2.03 bits per heavy atom. The van der Waals surface area contributed by atoms with Gasteiger partial charge in [0.1, 0.15) is 23.2 Å². The van der Waals surface area contributed by atoms with Gasteiger partial charge in [0, 0.05) is 60.5 Å². The number of carbonyl (C=O) groups excluding carboxylic acids is 1. The topological polar surface area (TPSA) is 162 Å². The Bertz CT molecular complexity index is 1780. The molecule has 12 heteroatoms. The second-order valence-corrected chi connectivity index (χ2v) is 9.82. The van der Waals surface area contributed by atoms with Crippen LogP contribution in [0, 0.1) is 6.92 Å². The molecule has 5 aromatic rings. The van der Waals surface area contributed by atoms with Crippen LogP contribution in [0.4, 0.5) is 23.1 Å². The number of nitrogens with zero attached hydrogens (tertiary/aromatic N) is 7. The van der Waals surface area contributed by atoms with Crippen LogP contribution in [0.2, 0.25) is 0 Å². The highest BCUT2D eigenvalue weighted by molar-refractivity contribution is 6.05. The van der Waals surface area contributed by atoms with E-state index in [9.17, 15) is 9.90 Å². The number of nitrogens with one attached hydrogen (secondary N) is 2. The first-order valence-electron chi connectivity index (χ1n) is 12.2. The molecule has 0 fully saturated rings. The van der Waals surface area contributed by atoms with E-state index in [1.54, 1.807) is 12.4 Å². The SMILES string of the molecule is Cc1c(-c2cc3cc(Nc4cc5n(n4)Cc4nccn4CC5)ncc3c(N)n2)cnc2c1NC(=O)[C@]2(C)O. The van der Waals surface area contributed by atoms with Crippen molar-refractivity contribution in [3.05, 3.63) is 65.8 Å². The predicted octanol–water partition coefficient (Wildman–Crippen LogP) is 2.48. The highest BCUT2D eigenvalue weighted by Gasteiger charge is 2.43. The Labute approximate surface area is 216 Å². The van der Waals surface area contributed by atoms with E-state index in [1.807, 2.05) is 42.2 Å². The van der Waals surface area contributed by atoms with Gasteiger partial charge in [0.25, 0.3) is 5.91 Å².